The van der Waals surface area contributed by atoms with Gasteiger partial charge >= 0.3 is 0 Å². The van der Waals surface area contributed by atoms with Crippen LogP contribution in [0.15, 0.2) is 42.5 Å². The van der Waals surface area contributed by atoms with Crippen molar-refractivity contribution in [2.45, 2.75) is 44.4 Å². The van der Waals surface area contributed by atoms with E-state index < -0.39 is 0 Å². The molecular weight excluding hydrogens is 336 g/mol. The Kier molecular flexibility index (Phi) is 5.42. The van der Waals surface area contributed by atoms with Gasteiger partial charge < -0.3 is 9.64 Å². The summed E-state index contributed by atoms with van der Waals surface area (Å²) < 4.78 is 5.24. The van der Waals surface area contributed by atoms with Crippen LogP contribution in [0.5, 0.6) is 5.75 Å². The number of carbonyl (C=O) groups excluding carboxylic acids is 1. The molecule has 0 spiro atoms. The Morgan fingerprint density at radius 2 is 1.81 bits per heavy atom. The van der Waals surface area contributed by atoms with E-state index in [4.69, 9.17) is 9.72 Å². The van der Waals surface area contributed by atoms with Crippen molar-refractivity contribution in [2.24, 2.45) is 5.92 Å². The van der Waals surface area contributed by atoms with Crippen molar-refractivity contribution in [1.29, 1.82) is 0 Å². The Labute approximate surface area is 161 Å². The Morgan fingerprint density at radius 3 is 2.56 bits per heavy atom. The van der Waals surface area contributed by atoms with Crippen LogP contribution in [-0.2, 0) is 4.79 Å². The summed E-state index contributed by atoms with van der Waals surface area (Å²) in [6.07, 6.45) is 6.74. The Hall–Kier alpha value is -2.36. The highest BCUT2D eigenvalue weighted by atomic mass is 16.5. The molecule has 1 saturated heterocycles. The standard InChI is InChI=1S/C23H28N2O2/c1-27-20-13-11-17(12-14-20)21-9-4-10-22(24-21)19-8-5-15-25(16-19)23(26)18-6-2-3-7-18/h4,9-14,18-19H,2-3,5-8,15-16H2,1H3/t19-/m0/s1. The molecule has 4 nitrogen and oxygen atoms in total. The Morgan fingerprint density at radius 1 is 1.04 bits per heavy atom. The summed E-state index contributed by atoms with van der Waals surface area (Å²) in [7, 11) is 1.68. The lowest BCUT2D eigenvalue weighted by molar-refractivity contribution is -0.136. The number of piperidine rings is 1. The van der Waals surface area contributed by atoms with Crippen LogP contribution in [0.2, 0.25) is 0 Å². The van der Waals surface area contributed by atoms with E-state index in [1.165, 1.54) is 12.8 Å². The van der Waals surface area contributed by atoms with E-state index in [2.05, 4.69) is 23.1 Å². The molecule has 2 aromatic rings. The minimum atomic E-state index is 0.266. The number of ether oxygens (including phenoxy) is 1. The predicted molar refractivity (Wildman–Crippen MR) is 107 cm³/mol. The molecule has 1 aromatic carbocycles. The predicted octanol–water partition coefficient (Wildman–Crippen LogP) is 4.65. The Balaban J connectivity index is 1.49. The summed E-state index contributed by atoms with van der Waals surface area (Å²) in [6, 6.07) is 14.3. The van der Waals surface area contributed by atoms with Crippen LogP contribution in [-0.4, -0.2) is 36.0 Å². The zero-order valence-corrected chi connectivity index (χ0v) is 16.1. The molecule has 4 heteroatoms. The molecule has 2 fully saturated rings. The first-order valence-corrected chi connectivity index (χ1v) is 10.1. The van der Waals surface area contributed by atoms with Crippen molar-refractivity contribution >= 4 is 5.91 Å². The van der Waals surface area contributed by atoms with Gasteiger partial charge in [0, 0.05) is 36.2 Å². The third-order valence-corrected chi connectivity index (χ3v) is 6.01. The van der Waals surface area contributed by atoms with Gasteiger partial charge in [0.1, 0.15) is 5.75 Å². The second kappa shape index (κ2) is 8.12. The van der Waals surface area contributed by atoms with Crippen LogP contribution < -0.4 is 4.74 Å². The molecule has 2 aliphatic rings. The highest BCUT2D eigenvalue weighted by molar-refractivity contribution is 5.79. The van der Waals surface area contributed by atoms with Gasteiger partial charge in [-0.25, -0.2) is 0 Å². The van der Waals surface area contributed by atoms with Crippen LogP contribution in [0.3, 0.4) is 0 Å². The SMILES string of the molecule is COc1ccc(-c2cccc([C@H]3CCCN(C(=O)C4CCCC4)C3)n2)cc1. The van der Waals surface area contributed by atoms with Crippen LogP contribution in [0, 0.1) is 5.92 Å². The first kappa shape index (κ1) is 18.0. The first-order chi connectivity index (χ1) is 13.2. The third-order valence-electron chi connectivity index (χ3n) is 6.01. The van der Waals surface area contributed by atoms with Gasteiger partial charge in [-0.05, 0) is 62.1 Å². The minimum Gasteiger partial charge on any atom is -0.497 e. The van der Waals surface area contributed by atoms with Gasteiger partial charge in [0.25, 0.3) is 0 Å². The van der Waals surface area contributed by atoms with E-state index in [1.54, 1.807) is 7.11 Å². The smallest absolute Gasteiger partial charge is 0.225 e. The fourth-order valence-corrected chi connectivity index (χ4v) is 4.45. The summed E-state index contributed by atoms with van der Waals surface area (Å²) in [5.41, 5.74) is 3.17. The number of hydrogen-bond donors (Lipinski definition) is 0. The number of carbonyl (C=O) groups is 1. The molecular formula is C23H28N2O2. The highest BCUT2D eigenvalue weighted by Crippen LogP contribution is 2.32. The summed E-state index contributed by atoms with van der Waals surface area (Å²) >= 11 is 0. The van der Waals surface area contributed by atoms with Crippen LogP contribution in [0.25, 0.3) is 11.3 Å². The van der Waals surface area contributed by atoms with E-state index in [0.717, 1.165) is 61.5 Å². The minimum absolute atomic E-state index is 0.266. The number of methoxy groups -OCH3 is 1. The van der Waals surface area contributed by atoms with Crippen molar-refractivity contribution in [3.63, 3.8) is 0 Å². The first-order valence-electron chi connectivity index (χ1n) is 10.1. The van der Waals surface area contributed by atoms with E-state index >= 15 is 0 Å². The normalized spacial score (nSPS) is 20.6. The van der Waals surface area contributed by atoms with Crippen molar-refractivity contribution in [1.82, 2.24) is 9.88 Å². The van der Waals surface area contributed by atoms with Crippen LogP contribution >= 0.6 is 0 Å². The van der Waals surface area contributed by atoms with Crippen molar-refractivity contribution in [3.8, 4) is 17.0 Å². The summed E-state index contributed by atoms with van der Waals surface area (Å²) in [4.78, 5) is 19.9. The number of nitrogens with zero attached hydrogens (tertiary/aromatic N) is 2. The molecule has 1 aliphatic carbocycles. The number of hydrogen-bond acceptors (Lipinski definition) is 3. The molecule has 0 bridgehead atoms. The molecule has 0 radical (unpaired) electrons. The van der Waals surface area contributed by atoms with Crippen molar-refractivity contribution < 1.29 is 9.53 Å². The van der Waals surface area contributed by atoms with Gasteiger partial charge in [0.15, 0.2) is 0 Å². The van der Waals surface area contributed by atoms with Gasteiger partial charge in [-0.1, -0.05) is 18.9 Å². The number of rotatable bonds is 4. The van der Waals surface area contributed by atoms with Gasteiger partial charge in [-0.3, -0.25) is 9.78 Å². The molecule has 1 saturated carbocycles. The second-order valence-electron chi connectivity index (χ2n) is 7.78. The lowest BCUT2D eigenvalue weighted by Gasteiger charge is -2.34. The van der Waals surface area contributed by atoms with E-state index in [1.807, 2.05) is 24.3 Å². The molecule has 2 heterocycles. The number of aromatic nitrogens is 1. The average Bonchev–Trinajstić information content (AvgIpc) is 3.28. The topological polar surface area (TPSA) is 42.4 Å². The Bertz CT molecular complexity index is 781. The zero-order chi connectivity index (χ0) is 18.6. The maximum absolute atomic E-state index is 12.8. The quantitative estimate of drug-likeness (QED) is 0.793. The fraction of sp³-hybridized carbons (Fsp3) is 0.478. The van der Waals surface area contributed by atoms with Crippen LogP contribution in [0.4, 0.5) is 0 Å². The molecule has 0 unspecified atom stereocenters. The lowest BCUT2D eigenvalue weighted by atomic mass is 9.92. The van der Waals surface area contributed by atoms with E-state index in [-0.39, 0.29) is 5.92 Å². The maximum atomic E-state index is 12.8. The highest BCUT2D eigenvalue weighted by Gasteiger charge is 2.31. The summed E-state index contributed by atoms with van der Waals surface area (Å²) in [5, 5.41) is 0. The largest absolute Gasteiger partial charge is 0.497 e. The van der Waals surface area contributed by atoms with E-state index in [0.29, 0.717) is 11.8 Å². The number of amides is 1. The third kappa shape index (κ3) is 4.00. The molecule has 1 atom stereocenters. The number of likely N-dealkylation sites (tertiary alicyclic amines) is 1. The lowest BCUT2D eigenvalue weighted by Crippen LogP contribution is -2.42. The van der Waals surface area contributed by atoms with Crippen molar-refractivity contribution in [2.75, 3.05) is 20.2 Å². The van der Waals surface area contributed by atoms with Gasteiger partial charge in [-0.15, -0.1) is 0 Å². The molecule has 0 N–H and O–H groups in total. The average molecular weight is 364 g/mol. The van der Waals surface area contributed by atoms with Gasteiger partial charge in [-0.2, -0.15) is 0 Å². The number of benzene rings is 1. The van der Waals surface area contributed by atoms with Crippen LogP contribution in [0.1, 0.15) is 50.1 Å². The second-order valence-corrected chi connectivity index (χ2v) is 7.78. The summed E-state index contributed by atoms with van der Waals surface area (Å²) in [5.74, 6) is 1.83. The molecule has 27 heavy (non-hydrogen) atoms. The zero-order valence-electron chi connectivity index (χ0n) is 16.1. The molecule has 1 aromatic heterocycles. The van der Waals surface area contributed by atoms with Crippen molar-refractivity contribution in [3.05, 3.63) is 48.2 Å². The molecule has 142 valence electrons. The molecule has 1 amide bonds. The van der Waals surface area contributed by atoms with Gasteiger partial charge in [0.2, 0.25) is 5.91 Å². The van der Waals surface area contributed by atoms with Gasteiger partial charge in [0.05, 0.1) is 12.8 Å². The number of pyridine rings is 1. The summed E-state index contributed by atoms with van der Waals surface area (Å²) in [6.45, 7) is 1.72. The molecule has 4 rings (SSSR count). The fourth-order valence-electron chi connectivity index (χ4n) is 4.45. The maximum Gasteiger partial charge on any atom is 0.225 e. The monoisotopic (exact) mass is 364 g/mol. The van der Waals surface area contributed by atoms with E-state index in [9.17, 15) is 4.79 Å². The molecule has 1 aliphatic heterocycles.